The zero-order valence-corrected chi connectivity index (χ0v) is 9.32. The highest BCUT2D eigenvalue weighted by molar-refractivity contribution is 5.28. The third-order valence-corrected chi connectivity index (χ3v) is 2.76. The lowest BCUT2D eigenvalue weighted by atomic mass is 10.0. The van der Waals surface area contributed by atoms with E-state index in [4.69, 9.17) is 5.11 Å². The molecule has 84 valence electrons. The van der Waals surface area contributed by atoms with Crippen LogP contribution < -0.4 is 0 Å². The fourth-order valence-corrected chi connectivity index (χ4v) is 1.90. The Balaban J connectivity index is 2.07. The molecule has 0 saturated carbocycles. The number of benzene rings is 1. The van der Waals surface area contributed by atoms with Crippen molar-refractivity contribution < 1.29 is 5.11 Å². The standard InChI is InChI=1S/C14H17NO/c16-10-4-7-13-8-9-15-14(13)11-12-5-2-1-3-6-12/h1-3,5-6,8-9,15-16H,4,7,10-11H2. The Kier molecular flexibility index (Phi) is 3.78. The van der Waals surface area contributed by atoms with E-state index in [2.05, 4.69) is 35.3 Å². The minimum absolute atomic E-state index is 0.260. The van der Waals surface area contributed by atoms with E-state index in [0.717, 1.165) is 19.3 Å². The predicted molar refractivity (Wildman–Crippen MR) is 65.4 cm³/mol. The van der Waals surface area contributed by atoms with Crippen molar-refractivity contribution in [2.24, 2.45) is 0 Å². The molecule has 0 fully saturated rings. The molecular formula is C14H17NO. The number of nitrogens with one attached hydrogen (secondary N) is 1. The molecule has 16 heavy (non-hydrogen) atoms. The Morgan fingerprint density at radius 2 is 1.88 bits per heavy atom. The lowest BCUT2D eigenvalue weighted by Gasteiger charge is -2.03. The molecule has 0 radical (unpaired) electrons. The molecule has 0 spiro atoms. The van der Waals surface area contributed by atoms with Gasteiger partial charge in [0, 0.05) is 24.9 Å². The van der Waals surface area contributed by atoms with Gasteiger partial charge in [-0.15, -0.1) is 0 Å². The van der Waals surface area contributed by atoms with Crippen molar-refractivity contribution >= 4 is 0 Å². The van der Waals surface area contributed by atoms with Crippen LogP contribution in [0.5, 0.6) is 0 Å². The van der Waals surface area contributed by atoms with Gasteiger partial charge in [0.25, 0.3) is 0 Å². The second-order valence-corrected chi connectivity index (χ2v) is 3.97. The van der Waals surface area contributed by atoms with E-state index in [0.29, 0.717) is 0 Å². The van der Waals surface area contributed by atoms with Crippen molar-refractivity contribution in [2.75, 3.05) is 6.61 Å². The van der Waals surface area contributed by atoms with E-state index >= 15 is 0 Å². The minimum Gasteiger partial charge on any atom is -0.396 e. The van der Waals surface area contributed by atoms with Gasteiger partial charge in [-0.1, -0.05) is 30.3 Å². The smallest absolute Gasteiger partial charge is 0.0434 e. The maximum atomic E-state index is 8.84. The predicted octanol–water partition coefficient (Wildman–Crippen LogP) is 2.53. The van der Waals surface area contributed by atoms with Crippen LogP contribution in [0.4, 0.5) is 0 Å². The second kappa shape index (κ2) is 5.52. The summed E-state index contributed by atoms with van der Waals surface area (Å²) in [6.07, 6.45) is 4.70. The van der Waals surface area contributed by atoms with Gasteiger partial charge < -0.3 is 10.1 Å². The van der Waals surface area contributed by atoms with Crippen molar-refractivity contribution in [3.63, 3.8) is 0 Å². The molecule has 0 atom stereocenters. The van der Waals surface area contributed by atoms with Gasteiger partial charge in [-0.2, -0.15) is 0 Å². The molecule has 0 amide bonds. The fraction of sp³-hybridized carbons (Fsp3) is 0.286. The van der Waals surface area contributed by atoms with Crippen LogP contribution in [0.15, 0.2) is 42.6 Å². The maximum absolute atomic E-state index is 8.84. The van der Waals surface area contributed by atoms with Gasteiger partial charge in [-0.25, -0.2) is 0 Å². The van der Waals surface area contributed by atoms with Crippen LogP contribution in [0.25, 0.3) is 0 Å². The Morgan fingerprint density at radius 1 is 1.06 bits per heavy atom. The summed E-state index contributed by atoms with van der Waals surface area (Å²) in [5, 5.41) is 8.84. The molecule has 2 nitrogen and oxygen atoms in total. The number of rotatable bonds is 5. The summed E-state index contributed by atoms with van der Waals surface area (Å²) >= 11 is 0. The van der Waals surface area contributed by atoms with Crippen molar-refractivity contribution in [3.05, 3.63) is 59.4 Å². The molecule has 0 aliphatic carbocycles. The number of hydrogen-bond acceptors (Lipinski definition) is 1. The Bertz CT molecular complexity index is 419. The molecule has 1 heterocycles. The second-order valence-electron chi connectivity index (χ2n) is 3.97. The first-order chi connectivity index (χ1) is 7.90. The Morgan fingerprint density at radius 3 is 2.62 bits per heavy atom. The zero-order chi connectivity index (χ0) is 11.2. The van der Waals surface area contributed by atoms with E-state index in [9.17, 15) is 0 Å². The lowest BCUT2D eigenvalue weighted by molar-refractivity contribution is 0.288. The van der Waals surface area contributed by atoms with Gasteiger partial charge in [0.15, 0.2) is 0 Å². The maximum Gasteiger partial charge on any atom is 0.0434 e. The van der Waals surface area contributed by atoms with Gasteiger partial charge in [0.2, 0.25) is 0 Å². The number of aromatic nitrogens is 1. The molecule has 0 unspecified atom stereocenters. The van der Waals surface area contributed by atoms with E-state index in [-0.39, 0.29) is 6.61 Å². The summed E-state index contributed by atoms with van der Waals surface area (Å²) < 4.78 is 0. The van der Waals surface area contributed by atoms with Crippen LogP contribution in [-0.2, 0) is 12.8 Å². The molecule has 0 aliphatic rings. The number of aliphatic hydroxyl groups excluding tert-OH is 1. The first-order valence-electron chi connectivity index (χ1n) is 5.70. The highest BCUT2D eigenvalue weighted by atomic mass is 16.2. The van der Waals surface area contributed by atoms with Gasteiger partial charge in [-0.05, 0) is 30.0 Å². The van der Waals surface area contributed by atoms with Crippen LogP contribution in [0.3, 0.4) is 0 Å². The van der Waals surface area contributed by atoms with Gasteiger partial charge >= 0.3 is 0 Å². The normalized spacial score (nSPS) is 10.6. The molecule has 0 saturated heterocycles. The molecule has 1 aromatic carbocycles. The topological polar surface area (TPSA) is 36.0 Å². The average Bonchev–Trinajstić information content (AvgIpc) is 2.75. The molecule has 0 bridgehead atoms. The van der Waals surface area contributed by atoms with Crippen LogP contribution in [0, 0.1) is 0 Å². The number of hydrogen-bond donors (Lipinski definition) is 2. The SMILES string of the molecule is OCCCc1cc[nH]c1Cc1ccccc1. The van der Waals surface area contributed by atoms with E-state index in [1.165, 1.54) is 16.8 Å². The van der Waals surface area contributed by atoms with Crippen LogP contribution in [-0.4, -0.2) is 16.7 Å². The molecule has 1 aromatic heterocycles. The first kappa shape index (κ1) is 11.0. The van der Waals surface area contributed by atoms with Crippen LogP contribution >= 0.6 is 0 Å². The summed E-state index contributed by atoms with van der Waals surface area (Å²) in [6, 6.07) is 12.5. The summed E-state index contributed by atoms with van der Waals surface area (Å²) in [5.41, 5.74) is 3.90. The first-order valence-corrected chi connectivity index (χ1v) is 5.70. The van der Waals surface area contributed by atoms with E-state index in [1.807, 2.05) is 12.3 Å². The number of aryl methyl sites for hydroxylation is 1. The van der Waals surface area contributed by atoms with Crippen molar-refractivity contribution in [1.82, 2.24) is 4.98 Å². The summed E-state index contributed by atoms with van der Waals surface area (Å²) in [5.74, 6) is 0. The van der Waals surface area contributed by atoms with E-state index in [1.54, 1.807) is 0 Å². The lowest BCUT2D eigenvalue weighted by Crippen LogP contribution is -1.95. The molecule has 2 N–H and O–H groups in total. The van der Waals surface area contributed by atoms with E-state index < -0.39 is 0 Å². The monoisotopic (exact) mass is 215 g/mol. The van der Waals surface area contributed by atoms with Crippen LogP contribution in [0.1, 0.15) is 23.2 Å². The number of aliphatic hydroxyl groups is 1. The van der Waals surface area contributed by atoms with Gasteiger partial charge in [0.1, 0.15) is 0 Å². The third-order valence-electron chi connectivity index (χ3n) is 2.76. The molecular weight excluding hydrogens is 198 g/mol. The summed E-state index contributed by atoms with van der Waals surface area (Å²) in [7, 11) is 0. The Hall–Kier alpha value is -1.54. The van der Waals surface area contributed by atoms with Crippen molar-refractivity contribution in [1.29, 1.82) is 0 Å². The quantitative estimate of drug-likeness (QED) is 0.790. The highest BCUT2D eigenvalue weighted by Crippen LogP contribution is 2.14. The number of aromatic amines is 1. The Labute approximate surface area is 96.0 Å². The average molecular weight is 215 g/mol. The van der Waals surface area contributed by atoms with Crippen molar-refractivity contribution in [2.45, 2.75) is 19.3 Å². The fourth-order valence-electron chi connectivity index (χ4n) is 1.90. The third kappa shape index (κ3) is 2.74. The molecule has 2 aromatic rings. The summed E-state index contributed by atoms with van der Waals surface area (Å²) in [4.78, 5) is 3.28. The summed E-state index contributed by atoms with van der Waals surface area (Å²) in [6.45, 7) is 0.260. The van der Waals surface area contributed by atoms with Gasteiger partial charge in [-0.3, -0.25) is 0 Å². The molecule has 0 aliphatic heterocycles. The zero-order valence-electron chi connectivity index (χ0n) is 9.32. The van der Waals surface area contributed by atoms with Crippen molar-refractivity contribution in [3.8, 4) is 0 Å². The molecule has 2 rings (SSSR count). The minimum atomic E-state index is 0.260. The highest BCUT2D eigenvalue weighted by Gasteiger charge is 2.04. The van der Waals surface area contributed by atoms with Gasteiger partial charge in [0.05, 0.1) is 0 Å². The number of H-pyrrole nitrogens is 1. The largest absolute Gasteiger partial charge is 0.396 e. The molecule has 2 heteroatoms. The van der Waals surface area contributed by atoms with Crippen LogP contribution in [0.2, 0.25) is 0 Å².